The zero-order valence-electron chi connectivity index (χ0n) is 10.4. The topological polar surface area (TPSA) is 43.8 Å². The van der Waals surface area contributed by atoms with Crippen LogP contribution in [0.3, 0.4) is 0 Å². The van der Waals surface area contributed by atoms with Gasteiger partial charge >= 0.3 is 0 Å². The lowest BCUT2D eigenvalue weighted by atomic mass is 10.0. The van der Waals surface area contributed by atoms with E-state index in [0.29, 0.717) is 0 Å². The standard InChI is InChI=1S/C14H19N3/c1-3-13(15)10-12-5-6-14(11(2)9-12)17-8-4-7-16-17/h4-9,13H,3,10,15H2,1-2H3. The van der Waals surface area contributed by atoms with Crippen LogP contribution < -0.4 is 5.73 Å². The summed E-state index contributed by atoms with van der Waals surface area (Å²) in [6.07, 6.45) is 5.71. The van der Waals surface area contributed by atoms with Crippen LogP contribution in [-0.2, 0) is 6.42 Å². The van der Waals surface area contributed by atoms with E-state index in [1.54, 1.807) is 6.20 Å². The molecule has 0 aliphatic rings. The molecule has 0 radical (unpaired) electrons. The summed E-state index contributed by atoms with van der Waals surface area (Å²) in [6.45, 7) is 4.23. The Hall–Kier alpha value is -1.61. The molecule has 1 aromatic carbocycles. The maximum Gasteiger partial charge on any atom is 0.0674 e. The first-order chi connectivity index (χ1) is 8.20. The van der Waals surface area contributed by atoms with E-state index in [1.807, 2.05) is 16.9 Å². The van der Waals surface area contributed by atoms with Gasteiger partial charge in [-0.3, -0.25) is 0 Å². The Morgan fingerprint density at radius 3 is 2.82 bits per heavy atom. The first kappa shape index (κ1) is 11.9. The zero-order chi connectivity index (χ0) is 12.3. The molecular weight excluding hydrogens is 210 g/mol. The number of benzene rings is 1. The highest BCUT2D eigenvalue weighted by molar-refractivity contribution is 5.42. The van der Waals surface area contributed by atoms with Gasteiger partial charge in [0.15, 0.2) is 0 Å². The molecule has 1 unspecified atom stereocenters. The second-order valence-corrected chi connectivity index (χ2v) is 4.44. The van der Waals surface area contributed by atoms with Gasteiger partial charge in [-0.05, 0) is 43.0 Å². The van der Waals surface area contributed by atoms with Gasteiger partial charge in [0.2, 0.25) is 0 Å². The van der Waals surface area contributed by atoms with Crippen LogP contribution >= 0.6 is 0 Å². The third kappa shape index (κ3) is 2.74. The molecule has 1 aromatic heterocycles. The molecule has 17 heavy (non-hydrogen) atoms. The lowest BCUT2D eigenvalue weighted by Gasteiger charge is -2.11. The van der Waals surface area contributed by atoms with E-state index in [9.17, 15) is 0 Å². The maximum absolute atomic E-state index is 5.97. The fourth-order valence-electron chi connectivity index (χ4n) is 1.96. The molecule has 0 aliphatic carbocycles. The number of aryl methyl sites for hydroxylation is 1. The summed E-state index contributed by atoms with van der Waals surface area (Å²) in [6, 6.07) is 8.64. The Kier molecular flexibility index (Phi) is 3.59. The molecular formula is C14H19N3. The predicted octanol–water partition coefficient (Wildman–Crippen LogP) is 2.46. The summed E-state index contributed by atoms with van der Waals surface area (Å²) in [7, 11) is 0. The van der Waals surface area contributed by atoms with E-state index < -0.39 is 0 Å². The zero-order valence-corrected chi connectivity index (χ0v) is 10.4. The third-order valence-electron chi connectivity index (χ3n) is 3.03. The number of nitrogens with two attached hydrogens (primary N) is 1. The van der Waals surface area contributed by atoms with E-state index >= 15 is 0 Å². The second-order valence-electron chi connectivity index (χ2n) is 4.44. The van der Waals surface area contributed by atoms with E-state index in [2.05, 4.69) is 37.1 Å². The van der Waals surface area contributed by atoms with Crippen LogP contribution in [0.25, 0.3) is 5.69 Å². The summed E-state index contributed by atoms with van der Waals surface area (Å²) in [5.74, 6) is 0. The molecule has 0 saturated carbocycles. The Balaban J connectivity index is 2.23. The van der Waals surface area contributed by atoms with E-state index in [-0.39, 0.29) is 6.04 Å². The first-order valence-corrected chi connectivity index (χ1v) is 6.06. The number of rotatable bonds is 4. The van der Waals surface area contributed by atoms with Gasteiger partial charge < -0.3 is 5.73 Å². The Morgan fingerprint density at radius 2 is 2.24 bits per heavy atom. The van der Waals surface area contributed by atoms with Crippen molar-refractivity contribution in [1.82, 2.24) is 9.78 Å². The van der Waals surface area contributed by atoms with Gasteiger partial charge in [0, 0.05) is 18.4 Å². The van der Waals surface area contributed by atoms with Gasteiger partial charge in [0.05, 0.1) is 5.69 Å². The van der Waals surface area contributed by atoms with Gasteiger partial charge in [-0.1, -0.05) is 19.1 Å². The molecule has 2 rings (SSSR count). The largest absolute Gasteiger partial charge is 0.327 e. The van der Waals surface area contributed by atoms with Gasteiger partial charge in [-0.25, -0.2) is 4.68 Å². The molecule has 90 valence electrons. The average Bonchev–Trinajstić information content (AvgIpc) is 2.82. The van der Waals surface area contributed by atoms with Crippen molar-refractivity contribution in [2.24, 2.45) is 5.73 Å². The molecule has 2 N–H and O–H groups in total. The van der Waals surface area contributed by atoms with Crippen LogP contribution in [0.1, 0.15) is 24.5 Å². The van der Waals surface area contributed by atoms with Crippen molar-refractivity contribution in [1.29, 1.82) is 0 Å². The van der Waals surface area contributed by atoms with Gasteiger partial charge in [-0.2, -0.15) is 5.10 Å². The predicted molar refractivity (Wildman–Crippen MR) is 70.3 cm³/mol. The van der Waals surface area contributed by atoms with Crippen molar-refractivity contribution in [3.05, 3.63) is 47.8 Å². The normalized spacial score (nSPS) is 12.6. The molecule has 0 aliphatic heterocycles. The summed E-state index contributed by atoms with van der Waals surface area (Å²) >= 11 is 0. The second kappa shape index (κ2) is 5.15. The smallest absolute Gasteiger partial charge is 0.0674 e. The molecule has 0 bridgehead atoms. The third-order valence-corrected chi connectivity index (χ3v) is 3.03. The molecule has 3 nitrogen and oxygen atoms in total. The fourth-order valence-corrected chi connectivity index (χ4v) is 1.96. The van der Waals surface area contributed by atoms with Crippen molar-refractivity contribution < 1.29 is 0 Å². The number of hydrogen-bond acceptors (Lipinski definition) is 2. The Morgan fingerprint density at radius 1 is 1.41 bits per heavy atom. The molecule has 1 heterocycles. The molecule has 2 aromatic rings. The quantitative estimate of drug-likeness (QED) is 0.875. The van der Waals surface area contributed by atoms with Crippen LogP contribution in [0, 0.1) is 6.92 Å². The molecule has 0 fully saturated rings. The molecule has 0 amide bonds. The SMILES string of the molecule is CCC(N)Cc1ccc(-n2cccn2)c(C)c1. The number of hydrogen-bond donors (Lipinski definition) is 1. The van der Waals surface area contributed by atoms with Crippen LogP contribution in [0.4, 0.5) is 0 Å². The van der Waals surface area contributed by atoms with Gasteiger partial charge in [0.25, 0.3) is 0 Å². The van der Waals surface area contributed by atoms with Crippen molar-refractivity contribution in [3.63, 3.8) is 0 Å². The van der Waals surface area contributed by atoms with Crippen LogP contribution in [0.2, 0.25) is 0 Å². The highest BCUT2D eigenvalue weighted by Crippen LogP contribution is 2.16. The lowest BCUT2D eigenvalue weighted by molar-refractivity contribution is 0.646. The minimum absolute atomic E-state index is 0.255. The van der Waals surface area contributed by atoms with Gasteiger partial charge in [0.1, 0.15) is 0 Å². The summed E-state index contributed by atoms with van der Waals surface area (Å²) in [4.78, 5) is 0. The minimum atomic E-state index is 0.255. The van der Waals surface area contributed by atoms with Crippen molar-refractivity contribution in [2.45, 2.75) is 32.7 Å². The first-order valence-electron chi connectivity index (χ1n) is 6.06. The molecule has 3 heteroatoms. The van der Waals surface area contributed by atoms with Crippen molar-refractivity contribution in [2.75, 3.05) is 0 Å². The maximum atomic E-state index is 5.97. The number of nitrogens with zero attached hydrogens (tertiary/aromatic N) is 2. The highest BCUT2D eigenvalue weighted by atomic mass is 15.3. The van der Waals surface area contributed by atoms with Crippen molar-refractivity contribution >= 4 is 0 Å². The Bertz CT molecular complexity index is 474. The molecule has 0 saturated heterocycles. The fraction of sp³-hybridized carbons (Fsp3) is 0.357. The lowest BCUT2D eigenvalue weighted by Crippen LogP contribution is -2.21. The molecule has 0 spiro atoms. The highest BCUT2D eigenvalue weighted by Gasteiger charge is 2.05. The van der Waals surface area contributed by atoms with Gasteiger partial charge in [-0.15, -0.1) is 0 Å². The summed E-state index contributed by atoms with van der Waals surface area (Å²) in [5.41, 5.74) is 9.63. The monoisotopic (exact) mass is 229 g/mol. The van der Waals surface area contributed by atoms with Crippen LogP contribution in [-0.4, -0.2) is 15.8 Å². The van der Waals surface area contributed by atoms with Crippen LogP contribution in [0.15, 0.2) is 36.7 Å². The minimum Gasteiger partial charge on any atom is -0.327 e. The van der Waals surface area contributed by atoms with Crippen LogP contribution in [0.5, 0.6) is 0 Å². The van der Waals surface area contributed by atoms with E-state index in [4.69, 9.17) is 5.73 Å². The molecule has 1 atom stereocenters. The summed E-state index contributed by atoms with van der Waals surface area (Å²) < 4.78 is 1.89. The number of aromatic nitrogens is 2. The van der Waals surface area contributed by atoms with E-state index in [0.717, 1.165) is 18.5 Å². The average molecular weight is 229 g/mol. The summed E-state index contributed by atoms with van der Waals surface area (Å²) in [5, 5.41) is 4.25. The van der Waals surface area contributed by atoms with E-state index in [1.165, 1.54) is 11.1 Å². The van der Waals surface area contributed by atoms with Crippen molar-refractivity contribution in [3.8, 4) is 5.69 Å². The Labute approximate surface area is 102 Å².